The van der Waals surface area contributed by atoms with Crippen LogP contribution in [0.2, 0.25) is 0 Å². The number of hydrogen-bond donors (Lipinski definition) is 1. The molecule has 0 aliphatic carbocycles. The molecule has 2 unspecified atom stereocenters. The molecule has 3 nitrogen and oxygen atoms in total. The Balaban J connectivity index is 2.06. The Hall–Kier alpha value is -1.43. The van der Waals surface area contributed by atoms with Gasteiger partial charge < -0.3 is 14.8 Å². The lowest BCUT2D eigenvalue weighted by atomic mass is 10.0. The zero-order valence-corrected chi connectivity index (χ0v) is 10.5. The van der Waals surface area contributed by atoms with Crippen molar-refractivity contribution in [2.45, 2.75) is 25.7 Å². The van der Waals surface area contributed by atoms with Gasteiger partial charge in [-0.05, 0) is 25.5 Å². The molecule has 106 valence electrons. The van der Waals surface area contributed by atoms with Crippen molar-refractivity contribution < 1.29 is 22.6 Å². The Morgan fingerprint density at radius 1 is 1.37 bits per heavy atom. The van der Waals surface area contributed by atoms with E-state index in [1.165, 1.54) is 12.1 Å². The number of nitrogens with one attached hydrogen (secondary N) is 1. The fourth-order valence-electron chi connectivity index (χ4n) is 2.11. The van der Waals surface area contributed by atoms with Crippen LogP contribution >= 0.6 is 0 Å². The van der Waals surface area contributed by atoms with Crippen LogP contribution in [0.25, 0.3) is 0 Å². The largest absolute Gasteiger partial charge is 0.573 e. The van der Waals surface area contributed by atoms with Crippen LogP contribution in [0.3, 0.4) is 0 Å². The van der Waals surface area contributed by atoms with E-state index < -0.39 is 6.36 Å². The van der Waals surface area contributed by atoms with Gasteiger partial charge in [0.15, 0.2) is 5.75 Å². The second-order valence-electron chi connectivity index (χ2n) is 4.60. The lowest BCUT2D eigenvalue weighted by molar-refractivity contribution is -0.274. The summed E-state index contributed by atoms with van der Waals surface area (Å²) in [5.74, 6) is 0.0970. The molecule has 2 atom stereocenters. The molecule has 19 heavy (non-hydrogen) atoms. The van der Waals surface area contributed by atoms with E-state index >= 15 is 0 Å². The van der Waals surface area contributed by atoms with E-state index in [-0.39, 0.29) is 11.8 Å². The van der Waals surface area contributed by atoms with Gasteiger partial charge in [0, 0.05) is 18.6 Å². The first-order valence-electron chi connectivity index (χ1n) is 6.15. The minimum absolute atomic E-state index is 0.0282. The molecule has 0 radical (unpaired) electrons. The highest BCUT2D eigenvalue weighted by atomic mass is 19.4. The first kappa shape index (κ1) is 14.0. The summed E-state index contributed by atoms with van der Waals surface area (Å²) in [5, 5.41) is 3.07. The van der Waals surface area contributed by atoms with Gasteiger partial charge in [0.25, 0.3) is 0 Å². The lowest BCUT2D eigenvalue weighted by Crippen LogP contribution is -2.27. The van der Waals surface area contributed by atoms with Gasteiger partial charge >= 0.3 is 6.36 Å². The molecule has 1 N–H and O–H groups in total. The maximum absolute atomic E-state index is 12.3. The van der Waals surface area contributed by atoms with Gasteiger partial charge in [-0.15, -0.1) is 13.2 Å². The number of ether oxygens (including phenoxy) is 2. The van der Waals surface area contributed by atoms with Crippen molar-refractivity contribution in [2.75, 3.05) is 18.5 Å². The number of benzene rings is 1. The fourth-order valence-corrected chi connectivity index (χ4v) is 2.11. The van der Waals surface area contributed by atoms with E-state index in [2.05, 4.69) is 10.1 Å². The minimum atomic E-state index is -4.68. The van der Waals surface area contributed by atoms with Crippen molar-refractivity contribution in [3.63, 3.8) is 0 Å². The van der Waals surface area contributed by atoms with Gasteiger partial charge in [0.1, 0.15) is 0 Å². The van der Waals surface area contributed by atoms with Crippen molar-refractivity contribution in [1.82, 2.24) is 0 Å². The maximum atomic E-state index is 12.3. The highest BCUT2D eigenvalue weighted by molar-refractivity contribution is 5.56. The number of para-hydroxylation sites is 2. The predicted molar refractivity (Wildman–Crippen MR) is 65.1 cm³/mol. The van der Waals surface area contributed by atoms with Crippen LogP contribution in [0.5, 0.6) is 5.75 Å². The molecule has 1 fully saturated rings. The molecule has 0 aromatic heterocycles. The molecule has 0 saturated carbocycles. The molecule has 0 spiro atoms. The Morgan fingerprint density at radius 3 is 2.74 bits per heavy atom. The summed E-state index contributed by atoms with van der Waals surface area (Å²) >= 11 is 0. The quantitative estimate of drug-likeness (QED) is 0.913. The Morgan fingerprint density at radius 2 is 2.11 bits per heavy atom. The molecular formula is C13H16F3NO2. The average molecular weight is 275 g/mol. The van der Waals surface area contributed by atoms with Crippen molar-refractivity contribution in [2.24, 2.45) is 5.92 Å². The van der Waals surface area contributed by atoms with Crippen molar-refractivity contribution in [3.05, 3.63) is 24.3 Å². The van der Waals surface area contributed by atoms with Gasteiger partial charge in [-0.2, -0.15) is 0 Å². The Bertz CT molecular complexity index is 417. The normalized spacial score (nSPS) is 21.2. The van der Waals surface area contributed by atoms with Crippen LogP contribution < -0.4 is 10.1 Å². The van der Waals surface area contributed by atoms with Crippen LogP contribution in [-0.2, 0) is 4.74 Å². The van der Waals surface area contributed by atoms with Crippen molar-refractivity contribution >= 4 is 5.69 Å². The summed E-state index contributed by atoms with van der Waals surface area (Å²) < 4.78 is 46.1. The molecule has 0 bridgehead atoms. The highest BCUT2D eigenvalue weighted by Crippen LogP contribution is 2.31. The molecule has 1 aliphatic heterocycles. The zero-order valence-electron chi connectivity index (χ0n) is 10.5. The standard InChI is InChI=1S/C13H16F3NO2/c1-9(10-6-7-18-8-10)17-11-4-2-3-5-12(11)19-13(14,15)16/h2-5,9-10,17H,6-8H2,1H3. The summed E-state index contributed by atoms with van der Waals surface area (Å²) in [6.07, 6.45) is -3.77. The van der Waals surface area contributed by atoms with Gasteiger partial charge in [-0.3, -0.25) is 0 Å². The summed E-state index contributed by atoms with van der Waals surface area (Å²) in [4.78, 5) is 0. The van der Waals surface area contributed by atoms with Crippen LogP contribution in [0, 0.1) is 5.92 Å². The van der Waals surface area contributed by atoms with E-state index in [0.717, 1.165) is 6.42 Å². The first-order valence-corrected chi connectivity index (χ1v) is 6.15. The van der Waals surface area contributed by atoms with Crippen LogP contribution in [0.4, 0.5) is 18.9 Å². The van der Waals surface area contributed by atoms with Crippen LogP contribution in [0.15, 0.2) is 24.3 Å². The summed E-state index contributed by atoms with van der Waals surface area (Å²) in [6.45, 7) is 3.28. The second kappa shape index (κ2) is 5.69. The Labute approximate surface area is 109 Å². The monoisotopic (exact) mass is 275 g/mol. The number of alkyl halides is 3. The SMILES string of the molecule is CC(Nc1ccccc1OC(F)(F)F)C1CCOC1. The van der Waals surface area contributed by atoms with Crippen molar-refractivity contribution in [1.29, 1.82) is 0 Å². The van der Waals surface area contributed by atoms with Crippen molar-refractivity contribution in [3.8, 4) is 5.75 Å². The summed E-state index contributed by atoms with van der Waals surface area (Å²) in [6, 6.07) is 6.08. The summed E-state index contributed by atoms with van der Waals surface area (Å²) in [7, 11) is 0. The molecule has 6 heteroatoms. The summed E-state index contributed by atoms with van der Waals surface area (Å²) in [5.41, 5.74) is 0.347. The van der Waals surface area contributed by atoms with E-state index in [0.29, 0.717) is 24.8 Å². The third kappa shape index (κ3) is 4.02. The molecule has 0 amide bonds. The van der Waals surface area contributed by atoms with E-state index in [1.807, 2.05) is 6.92 Å². The van der Waals surface area contributed by atoms with E-state index in [1.54, 1.807) is 12.1 Å². The number of hydrogen-bond acceptors (Lipinski definition) is 3. The average Bonchev–Trinajstić information content (AvgIpc) is 2.83. The van der Waals surface area contributed by atoms with Crippen LogP contribution in [-0.4, -0.2) is 25.6 Å². The molecule has 1 aliphatic rings. The fraction of sp³-hybridized carbons (Fsp3) is 0.538. The number of anilines is 1. The predicted octanol–water partition coefficient (Wildman–Crippen LogP) is 3.42. The number of halogens is 3. The topological polar surface area (TPSA) is 30.5 Å². The molecular weight excluding hydrogens is 259 g/mol. The molecule has 1 aromatic carbocycles. The number of rotatable bonds is 4. The highest BCUT2D eigenvalue weighted by Gasteiger charge is 2.32. The van der Waals surface area contributed by atoms with Gasteiger partial charge in [-0.1, -0.05) is 12.1 Å². The van der Waals surface area contributed by atoms with Gasteiger partial charge in [0.05, 0.1) is 12.3 Å². The lowest BCUT2D eigenvalue weighted by Gasteiger charge is -2.22. The van der Waals surface area contributed by atoms with E-state index in [4.69, 9.17) is 4.74 Å². The molecule has 1 saturated heterocycles. The zero-order chi connectivity index (χ0) is 13.9. The third-order valence-corrected chi connectivity index (χ3v) is 3.17. The smallest absolute Gasteiger partial charge is 0.404 e. The minimum Gasteiger partial charge on any atom is -0.404 e. The Kier molecular flexibility index (Phi) is 4.19. The molecule has 1 aromatic rings. The van der Waals surface area contributed by atoms with Gasteiger partial charge in [-0.25, -0.2) is 0 Å². The second-order valence-corrected chi connectivity index (χ2v) is 4.60. The first-order chi connectivity index (χ1) is 8.96. The third-order valence-electron chi connectivity index (χ3n) is 3.17. The molecule has 1 heterocycles. The maximum Gasteiger partial charge on any atom is 0.573 e. The van der Waals surface area contributed by atoms with E-state index in [9.17, 15) is 13.2 Å². The van der Waals surface area contributed by atoms with Gasteiger partial charge in [0.2, 0.25) is 0 Å². The molecule has 2 rings (SSSR count). The van der Waals surface area contributed by atoms with Crippen LogP contribution in [0.1, 0.15) is 13.3 Å².